The molecule has 0 bridgehead atoms. The van der Waals surface area contributed by atoms with Crippen LogP contribution in [0.4, 0.5) is 11.5 Å². The Morgan fingerprint density at radius 2 is 2.04 bits per heavy atom. The summed E-state index contributed by atoms with van der Waals surface area (Å²) in [5.74, 6) is 1.65. The van der Waals surface area contributed by atoms with Crippen LogP contribution in [0.3, 0.4) is 0 Å². The summed E-state index contributed by atoms with van der Waals surface area (Å²) in [6.45, 7) is 0.618. The number of rotatable bonds is 8. The van der Waals surface area contributed by atoms with Crippen molar-refractivity contribution in [3.05, 3.63) is 47.9 Å². The van der Waals surface area contributed by atoms with Crippen molar-refractivity contribution in [3.63, 3.8) is 0 Å². The van der Waals surface area contributed by atoms with Gasteiger partial charge < -0.3 is 20.1 Å². The van der Waals surface area contributed by atoms with E-state index >= 15 is 0 Å². The Labute approximate surface area is 165 Å². The zero-order chi connectivity index (χ0) is 19.8. The smallest absolute Gasteiger partial charge is 0.271 e. The monoisotopic (exact) mass is 382 g/mol. The molecule has 28 heavy (non-hydrogen) atoms. The van der Waals surface area contributed by atoms with E-state index in [1.807, 2.05) is 6.07 Å². The van der Waals surface area contributed by atoms with Gasteiger partial charge in [-0.15, -0.1) is 0 Å². The second-order valence-electron chi connectivity index (χ2n) is 6.59. The third-order valence-corrected chi connectivity index (χ3v) is 4.67. The van der Waals surface area contributed by atoms with Crippen molar-refractivity contribution in [3.8, 4) is 11.5 Å². The van der Waals surface area contributed by atoms with E-state index in [-0.39, 0.29) is 5.91 Å². The van der Waals surface area contributed by atoms with Gasteiger partial charge in [0.1, 0.15) is 23.0 Å². The summed E-state index contributed by atoms with van der Waals surface area (Å²) in [6, 6.07) is 5.42. The van der Waals surface area contributed by atoms with Gasteiger partial charge in [-0.2, -0.15) is 0 Å². The fourth-order valence-electron chi connectivity index (χ4n) is 3.12. The molecule has 2 aromatic rings. The molecule has 0 unspecified atom stereocenters. The van der Waals surface area contributed by atoms with E-state index in [2.05, 4.69) is 26.7 Å². The molecule has 1 aromatic heterocycles. The molecule has 3 rings (SSSR count). The van der Waals surface area contributed by atoms with Crippen LogP contribution in [0, 0.1) is 0 Å². The number of methoxy groups -OCH3 is 2. The quantitative estimate of drug-likeness (QED) is 0.675. The van der Waals surface area contributed by atoms with Gasteiger partial charge in [0.15, 0.2) is 0 Å². The van der Waals surface area contributed by atoms with Crippen LogP contribution in [0.1, 0.15) is 42.6 Å². The molecule has 1 amide bonds. The molecule has 1 aromatic carbocycles. The molecule has 2 N–H and O–H groups in total. The molecular weight excluding hydrogens is 356 g/mol. The first-order valence-corrected chi connectivity index (χ1v) is 9.47. The summed E-state index contributed by atoms with van der Waals surface area (Å²) in [4.78, 5) is 20.7. The Balaban J connectivity index is 1.57. The van der Waals surface area contributed by atoms with Gasteiger partial charge in [-0.25, -0.2) is 9.97 Å². The lowest BCUT2D eigenvalue weighted by Gasteiger charge is -2.13. The van der Waals surface area contributed by atoms with Gasteiger partial charge in [-0.1, -0.05) is 11.6 Å². The maximum absolute atomic E-state index is 12.2. The van der Waals surface area contributed by atoms with Gasteiger partial charge in [-0.3, -0.25) is 4.79 Å². The Bertz CT molecular complexity index is 834. The predicted octanol–water partition coefficient (Wildman–Crippen LogP) is 3.86. The topological polar surface area (TPSA) is 85.4 Å². The van der Waals surface area contributed by atoms with E-state index in [1.54, 1.807) is 26.4 Å². The van der Waals surface area contributed by atoms with E-state index in [0.717, 1.165) is 19.3 Å². The molecule has 0 spiro atoms. The summed E-state index contributed by atoms with van der Waals surface area (Å²) >= 11 is 0. The standard InChI is InChI=1S/C21H26N4O3/c1-27-16-8-9-19(28-2)17(12-16)25-20-14-23-18(13-24-20)21(26)22-11-10-15-6-4-3-5-7-15/h6,8-9,12-14H,3-5,7,10-11H2,1-2H3,(H,22,26)(H,24,25). The summed E-state index contributed by atoms with van der Waals surface area (Å²) in [5.41, 5.74) is 2.43. The molecule has 0 aliphatic heterocycles. The lowest BCUT2D eigenvalue weighted by atomic mass is 9.97. The van der Waals surface area contributed by atoms with E-state index < -0.39 is 0 Å². The van der Waals surface area contributed by atoms with Crippen molar-refractivity contribution >= 4 is 17.4 Å². The van der Waals surface area contributed by atoms with Gasteiger partial charge in [0.2, 0.25) is 0 Å². The second-order valence-corrected chi connectivity index (χ2v) is 6.59. The third-order valence-electron chi connectivity index (χ3n) is 4.67. The van der Waals surface area contributed by atoms with Crippen molar-refractivity contribution in [2.75, 3.05) is 26.1 Å². The van der Waals surface area contributed by atoms with Crippen LogP contribution in [-0.4, -0.2) is 36.6 Å². The number of hydrogen-bond donors (Lipinski definition) is 2. The van der Waals surface area contributed by atoms with Crippen LogP contribution in [0.5, 0.6) is 11.5 Å². The number of amides is 1. The first-order valence-electron chi connectivity index (χ1n) is 9.47. The zero-order valence-electron chi connectivity index (χ0n) is 16.3. The van der Waals surface area contributed by atoms with E-state index in [4.69, 9.17) is 9.47 Å². The minimum Gasteiger partial charge on any atom is -0.497 e. The number of nitrogens with one attached hydrogen (secondary N) is 2. The number of hydrogen-bond acceptors (Lipinski definition) is 6. The summed E-state index contributed by atoms with van der Waals surface area (Å²) in [6.07, 6.45) is 11.0. The van der Waals surface area contributed by atoms with Crippen molar-refractivity contribution in [1.29, 1.82) is 0 Å². The molecule has 1 heterocycles. The number of anilines is 2. The zero-order valence-corrected chi connectivity index (χ0v) is 16.3. The van der Waals surface area contributed by atoms with Crippen molar-refractivity contribution in [1.82, 2.24) is 15.3 Å². The van der Waals surface area contributed by atoms with E-state index in [0.29, 0.717) is 35.2 Å². The first kappa shape index (κ1) is 19.7. The molecule has 1 aliphatic carbocycles. The molecule has 148 valence electrons. The van der Waals surface area contributed by atoms with Crippen LogP contribution in [0.25, 0.3) is 0 Å². The molecule has 7 heteroatoms. The maximum Gasteiger partial charge on any atom is 0.271 e. The first-order chi connectivity index (χ1) is 13.7. The Hall–Kier alpha value is -3.09. The predicted molar refractivity (Wildman–Crippen MR) is 108 cm³/mol. The largest absolute Gasteiger partial charge is 0.497 e. The third kappa shape index (κ3) is 5.22. The van der Waals surface area contributed by atoms with Crippen LogP contribution < -0.4 is 20.1 Å². The fourth-order valence-corrected chi connectivity index (χ4v) is 3.12. The second kappa shape index (κ2) is 9.73. The van der Waals surface area contributed by atoms with Gasteiger partial charge >= 0.3 is 0 Å². The minimum absolute atomic E-state index is 0.213. The Kier molecular flexibility index (Phi) is 6.84. The van der Waals surface area contributed by atoms with Crippen LogP contribution in [-0.2, 0) is 0 Å². The molecule has 0 fully saturated rings. The molecule has 0 radical (unpaired) electrons. The fraction of sp³-hybridized carbons (Fsp3) is 0.381. The average molecular weight is 382 g/mol. The van der Waals surface area contributed by atoms with E-state index in [1.165, 1.54) is 30.8 Å². The summed E-state index contributed by atoms with van der Waals surface area (Å²) in [7, 11) is 3.19. The number of allylic oxidation sites excluding steroid dienone is 1. The summed E-state index contributed by atoms with van der Waals surface area (Å²) in [5, 5.41) is 6.04. The maximum atomic E-state index is 12.2. The van der Waals surface area contributed by atoms with Gasteiger partial charge in [-0.05, 0) is 44.2 Å². The van der Waals surface area contributed by atoms with Crippen molar-refractivity contribution < 1.29 is 14.3 Å². The molecular formula is C21H26N4O3. The lowest BCUT2D eigenvalue weighted by molar-refractivity contribution is 0.0948. The number of ether oxygens (including phenoxy) is 2. The molecule has 0 saturated heterocycles. The molecule has 7 nitrogen and oxygen atoms in total. The number of nitrogens with zero attached hydrogens (tertiary/aromatic N) is 2. The average Bonchev–Trinajstić information content (AvgIpc) is 2.75. The van der Waals surface area contributed by atoms with Crippen molar-refractivity contribution in [2.24, 2.45) is 0 Å². The van der Waals surface area contributed by atoms with Crippen molar-refractivity contribution in [2.45, 2.75) is 32.1 Å². The summed E-state index contributed by atoms with van der Waals surface area (Å²) < 4.78 is 10.6. The molecule has 0 saturated carbocycles. The SMILES string of the molecule is COc1ccc(OC)c(Nc2cnc(C(=O)NCCC3=CCCCC3)cn2)c1. The highest BCUT2D eigenvalue weighted by Gasteiger charge is 2.10. The number of carbonyl (C=O) groups is 1. The highest BCUT2D eigenvalue weighted by molar-refractivity contribution is 5.92. The van der Waals surface area contributed by atoms with Gasteiger partial charge in [0.25, 0.3) is 5.91 Å². The highest BCUT2D eigenvalue weighted by Crippen LogP contribution is 2.30. The van der Waals surface area contributed by atoms with E-state index in [9.17, 15) is 4.79 Å². The molecule has 0 atom stereocenters. The number of benzene rings is 1. The highest BCUT2D eigenvalue weighted by atomic mass is 16.5. The van der Waals surface area contributed by atoms with Gasteiger partial charge in [0.05, 0.1) is 32.3 Å². The van der Waals surface area contributed by atoms with Crippen LogP contribution >= 0.6 is 0 Å². The van der Waals surface area contributed by atoms with Crippen LogP contribution in [0.15, 0.2) is 42.2 Å². The lowest BCUT2D eigenvalue weighted by Crippen LogP contribution is -2.26. The molecule has 1 aliphatic rings. The number of carbonyl (C=O) groups excluding carboxylic acids is 1. The Morgan fingerprint density at radius 1 is 1.14 bits per heavy atom. The number of aromatic nitrogens is 2. The van der Waals surface area contributed by atoms with Crippen LogP contribution in [0.2, 0.25) is 0 Å². The minimum atomic E-state index is -0.213. The Morgan fingerprint density at radius 3 is 2.71 bits per heavy atom. The van der Waals surface area contributed by atoms with Gasteiger partial charge in [0, 0.05) is 12.6 Å². The normalized spacial score (nSPS) is 13.4.